The van der Waals surface area contributed by atoms with Crippen LogP contribution in [0.1, 0.15) is 32.1 Å². The van der Waals surface area contributed by atoms with Gasteiger partial charge in [-0.25, -0.2) is 4.79 Å². The molecule has 11 heteroatoms. The van der Waals surface area contributed by atoms with Crippen molar-refractivity contribution in [2.75, 3.05) is 12.9 Å². The third-order valence-electron chi connectivity index (χ3n) is 5.18. The number of rotatable bonds is 6. The number of imide groups is 1. The van der Waals surface area contributed by atoms with Gasteiger partial charge in [0.05, 0.1) is 12.9 Å². The number of hydrogen-bond acceptors (Lipinski definition) is 8. The summed E-state index contributed by atoms with van der Waals surface area (Å²) < 4.78 is 10.7. The van der Waals surface area contributed by atoms with Crippen molar-refractivity contribution in [2.24, 2.45) is 0 Å². The minimum absolute atomic E-state index is 0.0890. The number of benzene rings is 1. The number of hydrazine groups is 1. The van der Waals surface area contributed by atoms with Crippen LogP contribution >= 0.6 is 11.8 Å². The molecule has 0 unspecified atom stereocenters. The molecule has 2 fully saturated rings. The van der Waals surface area contributed by atoms with Crippen LogP contribution in [0.15, 0.2) is 33.9 Å². The van der Waals surface area contributed by atoms with E-state index in [4.69, 9.17) is 9.15 Å². The third-order valence-corrected chi connectivity index (χ3v) is 5.99. The maximum atomic E-state index is 12.7. The van der Waals surface area contributed by atoms with Gasteiger partial charge in [0.2, 0.25) is 11.8 Å². The van der Waals surface area contributed by atoms with Gasteiger partial charge in [-0.2, -0.15) is 5.01 Å². The highest BCUT2D eigenvalue weighted by atomic mass is 32.2. The monoisotopic (exact) mass is 431 g/mol. The Labute approximate surface area is 176 Å². The van der Waals surface area contributed by atoms with E-state index in [9.17, 15) is 14.4 Å². The van der Waals surface area contributed by atoms with Crippen LogP contribution in [0.3, 0.4) is 0 Å². The zero-order chi connectivity index (χ0) is 21.1. The molecule has 1 saturated heterocycles. The summed E-state index contributed by atoms with van der Waals surface area (Å²) in [5.74, 6) is 0.0218. The van der Waals surface area contributed by atoms with Crippen molar-refractivity contribution in [3.05, 3.63) is 24.3 Å². The van der Waals surface area contributed by atoms with Crippen molar-refractivity contribution in [2.45, 2.75) is 42.9 Å². The molecule has 1 aliphatic carbocycles. The molecule has 2 aliphatic rings. The normalized spacial score (nSPS) is 17.8. The minimum atomic E-state index is -0.879. The zero-order valence-electron chi connectivity index (χ0n) is 16.3. The first-order valence-electron chi connectivity index (χ1n) is 9.58. The van der Waals surface area contributed by atoms with Crippen molar-refractivity contribution in [3.8, 4) is 17.2 Å². The maximum absolute atomic E-state index is 12.7. The molecule has 158 valence electrons. The molecular weight excluding hydrogens is 410 g/mol. The SMILES string of the molecule is COc1ccc(-c2nnc(SCC(=O)NN3C(=O)NC4(CCCCC4)C3=O)o2)cc1. The van der Waals surface area contributed by atoms with Crippen LogP contribution in [0.2, 0.25) is 0 Å². The van der Waals surface area contributed by atoms with Crippen molar-refractivity contribution in [3.63, 3.8) is 0 Å². The molecule has 2 N–H and O–H groups in total. The van der Waals surface area contributed by atoms with Crippen LogP contribution in [0.4, 0.5) is 4.79 Å². The molecule has 0 bridgehead atoms. The number of urea groups is 1. The largest absolute Gasteiger partial charge is 0.497 e. The fourth-order valence-corrected chi connectivity index (χ4v) is 4.17. The van der Waals surface area contributed by atoms with E-state index in [0.29, 0.717) is 24.5 Å². The number of nitrogens with zero attached hydrogens (tertiary/aromatic N) is 3. The van der Waals surface area contributed by atoms with Crippen LogP contribution in [0.5, 0.6) is 5.75 Å². The maximum Gasteiger partial charge on any atom is 0.344 e. The van der Waals surface area contributed by atoms with E-state index in [2.05, 4.69) is 20.9 Å². The standard InChI is InChI=1S/C19H21N5O5S/c1-28-13-7-5-12(6-8-13)15-21-22-18(29-15)30-11-14(25)23-24-16(26)19(20-17(24)27)9-3-2-4-10-19/h5-8H,2-4,9-11H2,1H3,(H,20,27)(H,23,25). The summed E-state index contributed by atoms with van der Waals surface area (Å²) in [6, 6.07) is 6.52. The number of aromatic nitrogens is 2. The topological polar surface area (TPSA) is 127 Å². The Balaban J connectivity index is 1.32. The van der Waals surface area contributed by atoms with E-state index in [1.165, 1.54) is 0 Å². The van der Waals surface area contributed by atoms with E-state index in [0.717, 1.165) is 41.6 Å². The Morgan fingerprint density at radius 2 is 1.97 bits per heavy atom. The molecule has 2 heterocycles. The van der Waals surface area contributed by atoms with Crippen LogP contribution < -0.4 is 15.5 Å². The van der Waals surface area contributed by atoms with Crippen molar-refractivity contribution < 1.29 is 23.5 Å². The first kappa shape index (κ1) is 20.2. The lowest BCUT2D eigenvalue weighted by Crippen LogP contribution is -2.51. The predicted molar refractivity (Wildman–Crippen MR) is 106 cm³/mol. The highest BCUT2D eigenvalue weighted by Crippen LogP contribution is 2.33. The fraction of sp³-hybridized carbons (Fsp3) is 0.421. The Morgan fingerprint density at radius 1 is 1.23 bits per heavy atom. The molecule has 1 aromatic heterocycles. The molecular formula is C19H21N5O5S. The number of ether oxygens (including phenoxy) is 1. The van der Waals surface area contributed by atoms with E-state index in [1.807, 2.05) is 0 Å². The number of carbonyl (C=O) groups is 3. The van der Waals surface area contributed by atoms with Gasteiger partial charge in [-0.3, -0.25) is 15.0 Å². The van der Waals surface area contributed by atoms with Crippen LogP contribution in [-0.4, -0.2) is 51.5 Å². The summed E-state index contributed by atoms with van der Waals surface area (Å²) in [6.45, 7) is 0. The summed E-state index contributed by atoms with van der Waals surface area (Å²) in [4.78, 5) is 37.1. The van der Waals surface area contributed by atoms with E-state index >= 15 is 0 Å². The second-order valence-corrected chi connectivity index (χ2v) is 8.07. The lowest BCUT2D eigenvalue weighted by molar-refractivity contribution is -0.139. The fourth-order valence-electron chi connectivity index (χ4n) is 3.62. The molecule has 0 atom stereocenters. The molecule has 1 aromatic carbocycles. The summed E-state index contributed by atoms with van der Waals surface area (Å²) >= 11 is 1.02. The lowest BCUT2D eigenvalue weighted by atomic mass is 9.82. The smallest absolute Gasteiger partial charge is 0.344 e. The molecule has 1 saturated carbocycles. The number of methoxy groups -OCH3 is 1. The van der Waals surface area contributed by atoms with E-state index < -0.39 is 23.4 Å². The van der Waals surface area contributed by atoms with Crippen LogP contribution in [0.25, 0.3) is 11.5 Å². The number of carbonyl (C=O) groups excluding carboxylic acids is 3. The number of amides is 4. The summed E-state index contributed by atoms with van der Waals surface area (Å²) in [6.07, 6.45) is 3.97. The Morgan fingerprint density at radius 3 is 2.67 bits per heavy atom. The van der Waals surface area contributed by atoms with Gasteiger partial charge in [0.25, 0.3) is 11.1 Å². The summed E-state index contributed by atoms with van der Waals surface area (Å²) in [7, 11) is 1.58. The Bertz CT molecular complexity index is 954. The third kappa shape index (κ3) is 3.97. The number of nitrogens with one attached hydrogen (secondary N) is 2. The second-order valence-electron chi connectivity index (χ2n) is 7.14. The molecule has 30 heavy (non-hydrogen) atoms. The van der Waals surface area contributed by atoms with Crippen molar-refractivity contribution in [1.29, 1.82) is 0 Å². The quantitative estimate of drug-likeness (QED) is 0.526. The second kappa shape index (κ2) is 8.34. The average Bonchev–Trinajstić information content (AvgIpc) is 3.32. The van der Waals surface area contributed by atoms with Gasteiger partial charge in [-0.15, -0.1) is 10.2 Å². The van der Waals surface area contributed by atoms with Crippen LogP contribution in [-0.2, 0) is 9.59 Å². The molecule has 0 radical (unpaired) electrons. The molecule has 10 nitrogen and oxygen atoms in total. The zero-order valence-corrected chi connectivity index (χ0v) is 17.2. The van der Waals surface area contributed by atoms with Gasteiger partial charge in [-0.1, -0.05) is 31.0 Å². The van der Waals surface area contributed by atoms with E-state index in [1.54, 1.807) is 31.4 Å². The van der Waals surface area contributed by atoms with Crippen LogP contribution in [0, 0.1) is 0 Å². The van der Waals surface area contributed by atoms with Gasteiger partial charge in [-0.05, 0) is 37.1 Å². The summed E-state index contributed by atoms with van der Waals surface area (Å²) in [5, 5.41) is 11.6. The molecule has 1 spiro atoms. The highest BCUT2D eigenvalue weighted by Gasteiger charge is 2.52. The number of thioether (sulfide) groups is 1. The van der Waals surface area contributed by atoms with Gasteiger partial charge in [0, 0.05) is 5.56 Å². The minimum Gasteiger partial charge on any atom is -0.497 e. The Hall–Kier alpha value is -3.08. The van der Waals surface area contributed by atoms with Gasteiger partial charge in [0.15, 0.2) is 0 Å². The molecule has 4 amide bonds. The molecule has 2 aromatic rings. The predicted octanol–water partition coefficient (Wildman–Crippen LogP) is 2.12. The average molecular weight is 431 g/mol. The highest BCUT2D eigenvalue weighted by molar-refractivity contribution is 7.99. The van der Waals surface area contributed by atoms with Gasteiger partial charge in [0.1, 0.15) is 11.3 Å². The van der Waals surface area contributed by atoms with Gasteiger partial charge < -0.3 is 14.5 Å². The number of hydrogen-bond donors (Lipinski definition) is 2. The van der Waals surface area contributed by atoms with E-state index in [-0.39, 0.29) is 11.0 Å². The van der Waals surface area contributed by atoms with Gasteiger partial charge >= 0.3 is 6.03 Å². The Kier molecular flexibility index (Phi) is 5.62. The van der Waals surface area contributed by atoms with Crippen molar-refractivity contribution in [1.82, 2.24) is 25.9 Å². The first-order chi connectivity index (χ1) is 14.5. The molecule has 1 aliphatic heterocycles. The van der Waals surface area contributed by atoms with Crippen molar-refractivity contribution >= 4 is 29.6 Å². The summed E-state index contributed by atoms with van der Waals surface area (Å²) in [5.41, 5.74) is 2.22. The first-order valence-corrected chi connectivity index (χ1v) is 10.6. The molecule has 4 rings (SSSR count). The lowest BCUT2D eigenvalue weighted by Gasteiger charge is -2.30.